The topological polar surface area (TPSA) is 15.3 Å². The second-order valence-corrected chi connectivity index (χ2v) is 5.13. The SMILES string of the molecule is CN1CCC2(CC1)CNc1ccc(F)cc12.Cl.Cl. The van der Waals surface area contributed by atoms with Crippen LogP contribution in [-0.4, -0.2) is 31.6 Å². The van der Waals surface area contributed by atoms with Crippen molar-refractivity contribution >= 4 is 30.5 Å². The van der Waals surface area contributed by atoms with Crippen molar-refractivity contribution in [2.24, 2.45) is 0 Å². The Hall–Kier alpha value is -0.510. The average molecular weight is 293 g/mol. The Morgan fingerprint density at radius 3 is 2.56 bits per heavy atom. The number of fused-ring (bicyclic) bond motifs is 2. The van der Waals surface area contributed by atoms with Crippen molar-refractivity contribution in [2.45, 2.75) is 18.3 Å². The number of nitrogens with one attached hydrogen (secondary N) is 1. The lowest BCUT2D eigenvalue weighted by Gasteiger charge is -2.37. The molecule has 1 aromatic rings. The van der Waals surface area contributed by atoms with E-state index in [0.29, 0.717) is 0 Å². The Morgan fingerprint density at radius 2 is 1.89 bits per heavy atom. The van der Waals surface area contributed by atoms with Gasteiger partial charge in [0, 0.05) is 17.6 Å². The Morgan fingerprint density at radius 1 is 1.22 bits per heavy atom. The summed E-state index contributed by atoms with van der Waals surface area (Å²) in [4.78, 5) is 2.35. The lowest BCUT2D eigenvalue weighted by atomic mass is 9.74. The second kappa shape index (κ2) is 5.64. The van der Waals surface area contributed by atoms with Gasteiger partial charge in [0.2, 0.25) is 0 Å². The summed E-state index contributed by atoms with van der Waals surface area (Å²) in [6, 6.07) is 5.14. The van der Waals surface area contributed by atoms with Gasteiger partial charge in [0.15, 0.2) is 0 Å². The van der Waals surface area contributed by atoms with Gasteiger partial charge in [0.05, 0.1) is 0 Å². The molecule has 0 aliphatic carbocycles. The summed E-state index contributed by atoms with van der Waals surface area (Å²) in [5, 5.41) is 3.42. The van der Waals surface area contributed by atoms with Crippen LogP contribution < -0.4 is 5.32 Å². The molecule has 3 rings (SSSR count). The maximum Gasteiger partial charge on any atom is 0.123 e. The Balaban J connectivity index is 0.000000810. The van der Waals surface area contributed by atoms with Crippen LogP contribution in [0.4, 0.5) is 10.1 Å². The van der Waals surface area contributed by atoms with E-state index in [1.807, 2.05) is 6.07 Å². The molecular formula is C13H19Cl2FN2. The molecule has 0 unspecified atom stereocenters. The van der Waals surface area contributed by atoms with Crippen LogP contribution in [-0.2, 0) is 5.41 Å². The number of anilines is 1. The van der Waals surface area contributed by atoms with E-state index in [0.717, 1.165) is 38.2 Å². The van der Waals surface area contributed by atoms with Crippen LogP contribution in [0.15, 0.2) is 18.2 Å². The van der Waals surface area contributed by atoms with Crippen LogP contribution in [0.3, 0.4) is 0 Å². The molecule has 0 amide bonds. The molecule has 1 fully saturated rings. The zero-order valence-corrected chi connectivity index (χ0v) is 12.0. The molecule has 0 aromatic heterocycles. The maximum atomic E-state index is 13.3. The van der Waals surface area contributed by atoms with E-state index < -0.39 is 0 Å². The first-order chi connectivity index (χ1) is 7.70. The fourth-order valence-corrected chi connectivity index (χ4v) is 2.96. The molecule has 0 bridgehead atoms. The van der Waals surface area contributed by atoms with E-state index in [2.05, 4.69) is 17.3 Å². The van der Waals surface area contributed by atoms with E-state index in [9.17, 15) is 4.39 Å². The molecule has 2 aliphatic heterocycles. The minimum absolute atomic E-state index is 0. The molecule has 5 heteroatoms. The number of halogens is 3. The average Bonchev–Trinajstić information content (AvgIpc) is 2.62. The van der Waals surface area contributed by atoms with Gasteiger partial charge in [0.25, 0.3) is 0 Å². The van der Waals surface area contributed by atoms with Gasteiger partial charge in [0.1, 0.15) is 5.82 Å². The zero-order valence-electron chi connectivity index (χ0n) is 10.4. The van der Waals surface area contributed by atoms with E-state index in [-0.39, 0.29) is 36.0 Å². The van der Waals surface area contributed by atoms with E-state index in [4.69, 9.17) is 0 Å². The van der Waals surface area contributed by atoms with Crippen molar-refractivity contribution in [1.29, 1.82) is 0 Å². The van der Waals surface area contributed by atoms with Gasteiger partial charge in [-0.05, 0) is 56.7 Å². The summed E-state index contributed by atoms with van der Waals surface area (Å²) < 4.78 is 13.3. The van der Waals surface area contributed by atoms with Gasteiger partial charge in [-0.25, -0.2) is 4.39 Å². The number of hydrogen-bond donors (Lipinski definition) is 1. The molecule has 1 N–H and O–H groups in total. The highest BCUT2D eigenvalue weighted by molar-refractivity contribution is 5.85. The summed E-state index contributed by atoms with van der Waals surface area (Å²) in [5.41, 5.74) is 2.51. The number of rotatable bonds is 0. The van der Waals surface area contributed by atoms with Gasteiger partial charge in [-0.3, -0.25) is 0 Å². The molecule has 1 aromatic carbocycles. The zero-order chi connectivity index (χ0) is 11.2. The van der Waals surface area contributed by atoms with Crippen molar-refractivity contribution in [3.05, 3.63) is 29.6 Å². The molecule has 102 valence electrons. The number of benzene rings is 1. The number of nitrogens with zero attached hydrogens (tertiary/aromatic N) is 1. The van der Waals surface area contributed by atoms with Crippen molar-refractivity contribution in [3.63, 3.8) is 0 Å². The summed E-state index contributed by atoms with van der Waals surface area (Å²) in [7, 11) is 2.15. The minimum atomic E-state index is -0.110. The second-order valence-electron chi connectivity index (χ2n) is 5.13. The van der Waals surface area contributed by atoms with Gasteiger partial charge < -0.3 is 10.2 Å². The van der Waals surface area contributed by atoms with Crippen molar-refractivity contribution in [3.8, 4) is 0 Å². The summed E-state index contributed by atoms with van der Waals surface area (Å²) in [5.74, 6) is -0.110. The monoisotopic (exact) mass is 292 g/mol. The highest BCUT2D eigenvalue weighted by Gasteiger charge is 2.40. The molecule has 0 radical (unpaired) electrons. The van der Waals surface area contributed by atoms with Crippen molar-refractivity contribution in [1.82, 2.24) is 4.90 Å². The lowest BCUT2D eigenvalue weighted by molar-refractivity contribution is 0.200. The molecule has 18 heavy (non-hydrogen) atoms. The Labute approximate surface area is 120 Å². The highest BCUT2D eigenvalue weighted by Crippen LogP contribution is 2.43. The third kappa shape index (κ3) is 2.44. The number of likely N-dealkylation sites (tertiary alicyclic amines) is 1. The first-order valence-electron chi connectivity index (χ1n) is 5.92. The third-order valence-electron chi connectivity index (χ3n) is 4.11. The third-order valence-corrected chi connectivity index (χ3v) is 4.11. The largest absolute Gasteiger partial charge is 0.384 e. The maximum absolute atomic E-state index is 13.3. The molecule has 2 heterocycles. The standard InChI is InChI=1S/C13H17FN2.2ClH/c1-16-6-4-13(5-7-16)9-15-12-3-2-10(14)8-11(12)13;;/h2-3,8,15H,4-7,9H2,1H3;2*1H. The smallest absolute Gasteiger partial charge is 0.123 e. The Kier molecular flexibility index (Phi) is 4.87. The van der Waals surface area contributed by atoms with E-state index >= 15 is 0 Å². The molecule has 0 atom stereocenters. The quantitative estimate of drug-likeness (QED) is 0.791. The van der Waals surface area contributed by atoms with Crippen LogP contribution in [0.5, 0.6) is 0 Å². The van der Waals surface area contributed by atoms with Gasteiger partial charge >= 0.3 is 0 Å². The van der Waals surface area contributed by atoms with Gasteiger partial charge in [-0.2, -0.15) is 0 Å². The molecule has 0 saturated carbocycles. The van der Waals surface area contributed by atoms with Crippen molar-refractivity contribution in [2.75, 3.05) is 32.0 Å². The molecular weight excluding hydrogens is 274 g/mol. The summed E-state index contributed by atoms with van der Waals surface area (Å²) in [6.07, 6.45) is 2.26. The molecule has 1 saturated heterocycles. The van der Waals surface area contributed by atoms with Crippen LogP contribution in [0.1, 0.15) is 18.4 Å². The summed E-state index contributed by atoms with van der Waals surface area (Å²) >= 11 is 0. The number of piperidine rings is 1. The van der Waals surface area contributed by atoms with Crippen LogP contribution in [0, 0.1) is 5.82 Å². The van der Waals surface area contributed by atoms with Crippen LogP contribution in [0.25, 0.3) is 0 Å². The highest BCUT2D eigenvalue weighted by atomic mass is 35.5. The Bertz CT molecular complexity index is 417. The molecule has 2 nitrogen and oxygen atoms in total. The minimum Gasteiger partial charge on any atom is -0.384 e. The van der Waals surface area contributed by atoms with E-state index in [1.54, 1.807) is 12.1 Å². The predicted octanol–water partition coefficient (Wildman–Crippen LogP) is 3.06. The van der Waals surface area contributed by atoms with Crippen molar-refractivity contribution < 1.29 is 4.39 Å². The summed E-state index contributed by atoms with van der Waals surface area (Å²) in [6.45, 7) is 3.19. The lowest BCUT2D eigenvalue weighted by Crippen LogP contribution is -2.42. The fraction of sp³-hybridized carbons (Fsp3) is 0.538. The molecule has 2 aliphatic rings. The van der Waals surface area contributed by atoms with Crippen LogP contribution in [0.2, 0.25) is 0 Å². The van der Waals surface area contributed by atoms with Gasteiger partial charge in [-0.15, -0.1) is 24.8 Å². The molecule has 1 spiro atoms. The normalized spacial score (nSPS) is 20.6. The fourth-order valence-electron chi connectivity index (χ4n) is 2.96. The predicted molar refractivity (Wildman–Crippen MR) is 77.8 cm³/mol. The first kappa shape index (κ1) is 15.5. The number of hydrogen-bond acceptors (Lipinski definition) is 2. The first-order valence-corrected chi connectivity index (χ1v) is 5.92. The van der Waals surface area contributed by atoms with Crippen LogP contribution >= 0.6 is 24.8 Å². The van der Waals surface area contributed by atoms with E-state index in [1.165, 1.54) is 5.56 Å². The van der Waals surface area contributed by atoms with Gasteiger partial charge in [-0.1, -0.05) is 0 Å².